The number of fused-ring (bicyclic) bond motifs is 1. The lowest BCUT2D eigenvalue weighted by Gasteiger charge is -2.26. The van der Waals surface area contributed by atoms with E-state index in [-0.39, 0.29) is 5.56 Å². The Hall–Kier alpha value is -3.30. The molecule has 1 aliphatic heterocycles. The molecular formula is C22H21N5O. The Morgan fingerprint density at radius 3 is 2.82 bits per heavy atom. The van der Waals surface area contributed by atoms with Gasteiger partial charge in [0.15, 0.2) is 0 Å². The molecule has 0 fully saturated rings. The minimum absolute atomic E-state index is 0.0319. The van der Waals surface area contributed by atoms with Crippen LogP contribution in [0.2, 0.25) is 0 Å². The largest absolute Gasteiger partial charge is 0.320 e. The third kappa shape index (κ3) is 3.71. The van der Waals surface area contributed by atoms with Gasteiger partial charge in [-0.25, -0.2) is 4.98 Å². The molecule has 0 saturated carbocycles. The smallest absolute Gasteiger partial charge is 0.251 e. The fourth-order valence-corrected chi connectivity index (χ4v) is 3.54. The molecule has 0 aromatic carbocycles. The molecule has 3 aromatic heterocycles. The molecule has 4 rings (SSSR count). The molecule has 0 radical (unpaired) electrons. The van der Waals surface area contributed by atoms with E-state index in [1.54, 1.807) is 12.3 Å². The molecule has 0 atom stereocenters. The maximum Gasteiger partial charge on any atom is 0.251 e. The molecule has 3 aromatic rings. The van der Waals surface area contributed by atoms with Crippen LogP contribution >= 0.6 is 0 Å². The Morgan fingerprint density at radius 1 is 1.25 bits per heavy atom. The molecule has 6 nitrogen and oxygen atoms in total. The van der Waals surface area contributed by atoms with Gasteiger partial charge in [0.25, 0.3) is 5.56 Å². The quantitative estimate of drug-likeness (QED) is 0.762. The number of nitrogens with zero attached hydrogens (tertiary/aromatic N) is 4. The molecule has 4 heterocycles. The highest BCUT2D eigenvalue weighted by atomic mass is 16.1. The van der Waals surface area contributed by atoms with Crippen molar-refractivity contribution in [1.29, 1.82) is 5.26 Å². The second-order valence-electron chi connectivity index (χ2n) is 7.01. The average Bonchev–Trinajstić information content (AvgIpc) is 2.74. The van der Waals surface area contributed by atoms with E-state index in [4.69, 9.17) is 5.26 Å². The van der Waals surface area contributed by atoms with Gasteiger partial charge < -0.3 is 4.98 Å². The molecule has 0 amide bonds. The summed E-state index contributed by atoms with van der Waals surface area (Å²) in [5, 5.41) is 8.86. The maximum absolute atomic E-state index is 12.1. The van der Waals surface area contributed by atoms with Gasteiger partial charge in [-0.1, -0.05) is 19.1 Å². The van der Waals surface area contributed by atoms with Crippen molar-refractivity contribution in [2.75, 3.05) is 13.1 Å². The van der Waals surface area contributed by atoms with Crippen LogP contribution in [0.1, 0.15) is 35.7 Å². The molecular weight excluding hydrogens is 350 g/mol. The monoisotopic (exact) mass is 371 g/mol. The number of rotatable bonds is 4. The number of aryl methyl sites for hydroxylation is 1. The first-order valence-electron chi connectivity index (χ1n) is 9.45. The topological polar surface area (TPSA) is 85.7 Å². The number of nitriles is 1. The van der Waals surface area contributed by atoms with Gasteiger partial charge in [0.05, 0.1) is 11.0 Å². The van der Waals surface area contributed by atoms with Crippen LogP contribution in [0.25, 0.3) is 16.6 Å². The first-order valence-corrected chi connectivity index (χ1v) is 9.45. The number of hydrogen-bond acceptors (Lipinski definition) is 5. The minimum Gasteiger partial charge on any atom is -0.320 e. The van der Waals surface area contributed by atoms with Gasteiger partial charge >= 0.3 is 0 Å². The van der Waals surface area contributed by atoms with Crippen molar-refractivity contribution < 1.29 is 0 Å². The standard InChI is InChI=1S/C22H21N5O/c1-2-16-10-20-21(26-22(16)28)9-15(12-25-20)14-27-7-5-17(6-8-27)18-3-4-19(11-23)24-13-18/h3-5,9-10,12-13H,2,6-8,14H2,1H3,(H,26,28). The van der Waals surface area contributed by atoms with E-state index in [1.807, 2.05) is 37.4 Å². The summed E-state index contributed by atoms with van der Waals surface area (Å²) in [7, 11) is 0. The molecule has 0 aliphatic carbocycles. The van der Waals surface area contributed by atoms with Gasteiger partial charge in [-0.2, -0.15) is 5.26 Å². The molecule has 0 unspecified atom stereocenters. The van der Waals surface area contributed by atoms with E-state index >= 15 is 0 Å². The van der Waals surface area contributed by atoms with Crippen LogP contribution in [0.3, 0.4) is 0 Å². The summed E-state index contributed by atoms with van der Waals surface area (Å²) < 4.78 is 0. The van der Waals surface area contributed by atoms with E-state index in [0.29, 0.717) is 12.1 Å². The lowest BCUT2D eigenvalue weighted by molar-refractivity contribution is 0.293. The normalized spacial score (nSPS) is 14.6. The first kappa shape index (κ1) is 18.1. The van der Waals surface area contributed by atoms with E-state index in [1.165, 1.54) is 5.57 Å². The fourth-order valence-electron chi connectivity index (χ4n) is 3.54. The zero-order valence-corrected chi connectivity index (χ0v) is 15.8. The summed E-state index contributed by atoms with van der Waals surface area (Å²) in [5.74, 6) is 0. The number of hydrogen-bond donors (Lipinski definition) is 1. The third-order valence-electron chi connectivity index (χ3n) is 5.16. The SMILES string of the molecule is CCc1cc2ncc(CN3CC=C(c4ccc(C#N)nc4)CC3)cc2[nH]c1=O. The van der Waals surface area contributed by atoms with Crippen LogP contribution in [0, 0.1) is 11.3 Å². The Kier molecular flexibility index (Phi) is 5.00. The van der Waals surface area contributed by atoms with Crippen molar-refractivity contribution in [3.63, 3.8) is 0 Å². The van der Waals surface area contributed by atoms with Crippen molar-refractivity contribution in [2.24, 2.45) is 0 Å². The Morgan fingerprint density at radius 2 is 2.14 bits per heavy atom. The lowest BCUT2D eigenvalue weighted by Crippen LogP contribution is -2.28. The summed E-state index contributed by atoms with van der Waals surface area (Å²) >= 11 is 0. The summed E-state index contributed by atoms with van der Waals surface area (Å²) in [6.07, 6.45) is 7.52. The Labute approximate surface area is 163 Å². The highest BCUT2D eigenvalue weighted by Gasteiger charge is 2.14. The molecule has 28 heavy (non-hydrogen) atoms. The van der Waals surface area contributed by atoms with Crippen molar-refractivity contribution in [2.45, 2.75) is 26.3 Å². The molecule has 0 bridgehead atoms. The molecule has 0 saturated heterocycles. The van der Waals surface area contributed by atoms with Crippen LogP contribution < -0.4 is 5.56 Å². The van der Waals surface area contributed by atoms with Gasteiger partial charge in [0.2, 0.25) is 0 Å². The van der Waals surface area contributed by atoms with Crippen LogP contribution in [-0.4, -0.2) is 32.9 Å². The second kappa shape index (κ2) is 7.75. The predicted octanol–water partition coefficient (Wildman–Crippen LogP) is 3.04. The van der Waals surface area contributed by atoms with Gasteiger partial charge in [0.1, 0.15) is 11.8 Å². The van der Waals surface area contributed by atoms with Crippen molar-refractivity contribution in [3.8, 4) is 6.07 Å². The zero-order chi connectivity index (χ0) is 19.5. The average molecular weight is 371 g/mol. The van der Waals surface area contributed by atoms with E-state index in [9.17, 15) is 4.79 Å². The summed E-state index contributed by atoms with van der Waals surface area (Å²) in [6, 6.07) is 9.66. The van der Waals surface area contributed by atoms with Crippen LogP contribution in [0.5, 0.6) is 0 Å². The van der Waals surface area contributed by atoms with Gasteiger partial charge in [-0.15, -0.1) is 0 Å². The Bertz CT molecular complexity index is 1140. The Balaban J connectivity index is 1.47. The first-order chi connectivity index (χ1) is 13.7. The molecule has 140 valence electrons. The van der Waals surface area contributed by atoms with Gasteiger partial charge in [-0.3, -0.25) is 14.7 Å². The number of pyridine rings is 3. The molecule has 6 heteroatoms. The van der Waals surface area contributed by atoms with E-state index < -0.39 is 0 Å². The van der Waals surface area contributed by atoms with Crippen LogP contribution in [0.15, 0.2) is 47.5 Å². The number of nitrogens with one attached hydrogen (secondary N) is 1. The number of aromatic amines is 1. The number of aromatic nitrogens is 3. The second-order valence-corrected chi connectivity index (χ2v) is 7.01. The molecule has 1 aliphatic rings. The number of H-pyrrole nitrogens is 1. The van der Waals surface area contributed by atoms with E-state index in [2.05, 4.69) is 25.9 Å². The van der Waals surface area contributed by atoms with Gasteiger partial charge in [-0.05, 0) is 47.7 Å². The van der Waals surface area contributed by atoms with E-state index in [0.717, 1.165) is 53.8 Å². The predicted molar refractivity (Wildman–Crippen MR) is 109 cm³/mol. The zero-order valence-electron chi connectivity index (χ0n) is 15.8. The highest BCUT2D eigenvalue weighted by Crippen LogP contribution is 2.23. The van der Waals surface area contributed by atoms with Crippen LogP contribution in [-0.2, 0) is 13.0 Å². The summed E-state index contributed by atoms with van der Waals surface area (Å²) in [4.78, 5) is 26.0. The van der Waals surface area contributed by atoms with Crippen LogP contribution in [0.4, 0.5) is 0 Å². The van der Waals surface area contributed by atoms with Crippen molar-refractivity contribution in [3.05, 3.63) is 75.5 Å². The lowest BCUT2D eigenvalue weighted by atomic mass is 10.0. The third-order valence-corrected chi connectivity index (χ3v) is 5.16. The van der Waals surface area contributed by atoms with Crippen molar-refractivity contribution in [1.82, 2.24) is 19.9 Å². The van der Waals surface area contributed by atoms with Crippen molar-refractivity contribution >= 4 is 16.6 Å². The highest BCUT2D eigenvalue weighted by molar-refractivity contribution is 5.75. The minimum atomic E-state index is -0.0319. The summed E-state index contributed by atoms with van der Waals surface area (Å²) in [6.45, 7) is 4.54. The fraction of sp³-hybridized carbons (Fsp3) is 0.273. The molecule has 1 N–H and O–H groups in total. The molecule has 0 spiro atoms. The summed E-state index contributed by atoms with van der Waals surface area (Å²) in [5.41, 5.74) is 6.22. The maximum atomic E-state index is 12.1. The van der Waals surface area contributed by atoms with Gasteiger partial charge in [0, 0.05) is 37.6 Å².